The van der Waals surface area contributed by atoms with Crippen molar-refractivity contribution in [2.45, 2.75) is 52.1 Å². The molecule has 118 valence electrons. The van der Waals surface area contributed by atoms with Crippen LogP contribution in [-0.2, 0) is 6.42 Å². The molecular weight excluding hydrogens is 258 g/mol. The van der Waals surface area contributed by atoms with Gasteiger partial charge in [-0.05, 0) is 51.3 Å². The van der Waals surface area contributed by atoms with Crippen LogP contribution in [0.15, 0.2) is 24.3 Å². The van der Waals surface area contributed by atoms with Gasteiger partial charge in [0.2, 0.25) is 0 Å². The van der Waals surface area contributed by atoms with E-state index in [-0.39, 0.29) is 11.6 Å². The third-order valence-electron chi connectivity index (χ3n) is 4.55. The van der Waals surface area contributed by atoms with Crippen LogP contribution in [0.3, 0.4) is 0 Å². The average Bonchev–Trinajstić information content (AvgIpc) is 2.47. The van der Waals surface area contributed by atoms with Crippen LogP contribution in [0, 0.1) is 0 Å². The highest BCUT2D eigenvalue weighted by Gasteiger charge is 2.25. The molecular formula is C18H31N3. The molecule has 1 unspecified atom stereocenters. The second kappa shape index (κ2) is 6.80. The van der Waals surface area contributed by atoms with Crippen LogP contribution in [0.1, 0.15) is 39.7 Å². The van der Waals surface area contributed by atoms with E-state index in [0.717, 1.165) is 39.0 Å². The molecule has 1 heterocycles. The SMILES string of the molecule is CCC(N)Cc1ccc(N2CCN(C(C)(C)C)CC2)cc1. The maximum absolute atomic E-state index is 6.03. The first-order valence-electron chi connectivity index (χ1n) is 8.24. The molecule has 2 rings (SSSR count). The van der Waals surface area contributed by atoms with Crippen molar-refractivity contribution in [2.24, 2.45) is 5.73 Å². The molecule has 1 fully saturated rings. The first-order valence-corrected chi connectivity index (χ1v) is 8.24. The van der Waals surface area contributed by atoms with Crippen molar-refractivity contribution in [3.05, 3.63) is 29.8 Å². The van der Waals surface area contributed by atoms with Gasteiger partial charge in [-0.3, -0.25) is 4.90 Å². The van der Waals surface area contributed by atoms with E-state index in [2.05, 4.69) is 61.8 Å². The van der Waals surface area contributed by atoms with Gasteiger partial charge in [-0.25, -0.2) is 0 Å². The fourth-order valence-electron chi connectivity index (χ4n) is 2.93. The Kier molecular flexibility index (Phi) is 5.28. The molecule has 1 atom stereocenters. The number of piperazine rings is 1. The molecule has 2 N–H and O–H groups in total. The highest BCUT2D eigenvalue weighted by Crippen LogP contribution is 2.21. The smallest absolute Gasteiger partial charge is 0.0367 e. The number of hydrogen-bond donors (Lipinski definition) is 1. The molecule has 0 saturated carbocycles. The van der Waals surface area contributed by atoms with Gasteiger partial charge >= 0.3 is 0 Å². The monoisotopic (exact) mass is 289 g/mol. The minimum absolute atomic E-state index is 0.284. The van der Waals surface area contributed by atoms with E-state index in [0.29, 0.717) is 0 Å². The van der Waals surface area contributed by atoms with Crippen molar-refractivity contribution in [3.8, 4) is 0 Å². The lowest BCUT2D eigenvalue weighted by Gasteiger charge is -2.43. The summed E-state index contributed by atoms with van der Waals surface area (Å²) in [6.45, 7) is 13.6. The Hall–Kier alpha value is -1.06. The van der Waals surface area contributed by atoms with Gasteiger partial charge in [-0.2, -0.15) is 0 Å². The number of anilines is 1. The summed E-state index contributed by atoms with van der Waals surface area (Å²) >= 11 is 0. The minimum atomic E-state index is 0.284. The number of nitrogens with two attached hydrogens (primary N) is 1. The van der Waals surface area contributed by atoms with Gasteiger partial charge in [0.25, 0.3) is 0 Å². The number of rotatable bonds is 4. The Balaban J connectivity index is 1.92. The van der Waals surface area contributed by atoms with Gasteiger partial charge in [0.05, 0.1) is 0 Å². The van der Waals surface area contributed by atoms with Crippen LogP contribution in [0.2, 0.25) is 0 Å². The number of hydrogen-bond acceptors (Lipinski definition) is 3. The zero-order chi connectivity index (χ0) is 15.5. The summed E-state index contributed by atoms with van der Waals surface area (Å²) in [4.78, 5) is 5.06. The Bertz CT molecular complexity index is 425. The molecule has 0 radical (unpaired) electrons. The van der Waals surface area contributed by atoms with Crippen LogP contribution in [0.5, 0.6) is 0 Å². The zero-order valence-corrected chi connectivity index (χ0v) is 14.1. The summed E-state index contributed by atoms with van der Waals surface area (Å²) in [5, 5.41) is 0. The van der Waals surface area contributed by atoms with E-state index in [1.165, 1.54) is 11.3 Å². The standard InChI is InChI=1S/C18H31N3/c1-5-16(19)14-15-6-8-17(9-7-15)20-10-12-21(13-11-20)18(2,3)4/h6-9,16H,5,10-14,19H2,1-4H3. The molecule has 0 spiro atoms. The van der Waals surface area contributed by atoms with Gasteiger partial charge in [-0.15, -0.1) is 0 Å². The first-order chi connectivity index (χ1) is 9.90. The van der Waals surface area contributed by atoms with Crippen molar-refractivity contribution >= 4 is 5.69 Å². The van der Waals surface area contributed by atoms with Gasteiger partial charge < -0.3 is 10.6 Å². The van der Waals surface area contributed by atoms with E-state index < -0.39 is 0 Å². The highest BCUT2D eigenvalue weighted by molar-refractivity contribution is 5.48. The molecule has 1 aromatic rings. The predicted octanol–water partition coefficient (Wildman–Crippen LogP) is 2.89. The van der Waals surface area contributed by atoms with E-state index in [4.69, 9.17) is 5.73 Å². The quantitative estimate of drug-likeness (QED) is 0.925. The third kappa shape index (κ3) is 4.45. The number of nitrogens with zero attached hydrogens (tertiary/aromatic N) is 2. The summed E-state index contributed by atoms with van der Waals surface area (Å²) in [6.07, 6.45) is 2.02. The molecule has 1 aromatic carbocycles. The first kappa shape index (κ1) is 16.3. The van der Waals surface area contributed by atoms with Gasteiger partial charge in [0, 0.05) is 43.4 Å². The topological polar surface area (TPSA) is 32.5 Å². The van der Waals surface area contributed by atoms with Crippen LogP contribution in [0.4, 0.5) is 5.69 Å². The summed E-state index contributed by atoms with van der Waals surface area (Å²) in [6, 6.07) is 9.27. The van der Waals surface area contributed by atoms with Crippen molar-refractivity contribution in [1.82, 2.24) is 4.90 Å². The molecule has 0 bridgehead atoms. The third-order valence-corrected chi connectivity index (χ3v) is 4.55. The van der Waals surface area contributed by atoms with E-state index in [1.54, 1.807) is 0 Å². The molecule has 3 heteroatoms. The lowest BCUT2D eigenvalue weighted by atomic mass is 10.0. The fraction of sp³-hybridized carbons (Fsp3) is 0.667. The second-order valence-electron chi connectivity index (χ2n) is 7.18. The average molecular weight is 289 g/mol. The maximum atomic E-state index is 6.03. The lowest BCUT2D eigenvalue weighted by Crippen LogP contribution is -2.53. The summed E-state index contributed by atoms with van der Waals surface area (Å²) < 4.78 is 0. The Morgan fingerprint density at radius 1 is 1.05 bits per heavy atom. The maximum Gasteiger partial charge on any atom is 0.0367 e. The van der Waals surface area contributed by atoms with Crippen molar-refractivity contribution in [3.63, 3.8) is 0 Å². The largest absolute Gasteiger partial charge is 0.369 e. The Morgan fingerprint density at radius 2 is 1.62 bits per heavy atom. The molecule has 3 nitrogen and oxygen atoms in total. The lowest BCUT2D eigenvalue weighted by molar-refractivity contribution is 0.128. The zero-order valence-electron chi connectivity index (χ0n) is 14.1. The summed E-state index contributed by atoms with van der Waals surface area (Å²) in [5.41, 5.74) is 9.00. The van der Waals surface area contributed by atoms with Crippen LogP contribution < -0.4 is 10.6 Å². The molecule has 21 heavy (non-hydrogen) atoms. The van der Waals surface area contributed by atoms with E-state index in [9.17, 15) is 0 Å². The van der Waals surface area contributed by atoms with Crippen LogP contribution in [-0.4, -0.2) is 42.7 Å². The van der Waals surface area contributed by atoms with Crippen LogP contribution in [0.25, 0.3) is 0 Å². The minimum Gasteiger partial charge on any atom is -0.369 e. The second-order valence-corrected chi connectivity index (χ2v) is 7.18. The van der Waals surface area contributed by atoms with Crippen molar-refractivity contribution < 1.29 is 0 Å². The highest BCUT2D eigenvalue weighted by atomic mass is 15.3. The van der Waals surface area contributed by atoms with Gasteiger partial charge in [0.1, 0.15) is 0 Å². The van der Waals surface area contributed by atoms with Crippen molar-refractivity contribution in [2.75, 3.05) is 31.1 Å². The van der Waals surface area contributed by atoms with Crippen LogP contribution >= 0.6 is 0 Å². The fourth-order valence-corrected chi connectivity index (χ4v) is 2.93. The molecule has 0 aromatic heterocycles. The number of benzene rings is 1. The van der Waals surface area contributed by atoms with Crippen molar-refractivity contribution in [1.29, 1.82) is 0 Å². The molecule has 1 aliphatic rings. The van der Waals surface area contributed by atoms with E-state index >= 15 is 0 Å². The van der Waals surface area contributed by atoms with Gasteiger partial charge in [0.15, 0.2) is 0 Å². The van der Waals surface area contributed by atoms with E-state index in [1.807, 2.05) is 0 Å². The predicted molar refractivity (Wildman–Crippen MR) is 92.0 cm³/mol. The molecule has 0 aliphatic carbocycles. The molecule has 0 amide bonds. The summed E-state index contributed by atoms with van der Waals surface area (Å²) in [5.74, 6) is 0. The Labute approximate surface area is 130 Å². The molecule has 1 saturated heterocycles. The normalized spacial score (nSPS) is 18.8. The molecule has 1 aliphatic heterocycles. The summed E-state index contributed by atoms with van der Waals surface area (Å²) in [7, 11) is 0. The van der Waals surface area contributed by atoms with Gasteiger partial charge in [-0.1, -0.05) is 19.1 Å². The Morgan fingerprint density at radius 3 is 2.10 bits per heavy atom.